The molecule has 0 aliphatic heterocycles. The first-order chi connectivity index (χ1) is 9.47. The SMILES string of the molecule is CN(C)c1ccc(C=Nc2cc(Cl)ccc2O)cc1Br. The Bertz CT molecular complexity index is 656. The van der Waals surface area contributed by atoms with E-state index >= 15 is 0 Å². The number of hydrogen-bond donors (Lipinski definition) is 1. The topological polar surface area (TPSA) is 35.8 Å². The van der Waals surface area contributed by atoms with Crippen LogP contribution in [-0.4, -0.2) is 25.4 Å². The minimum absolute atomic E-state index is 0.106. The van der Waals surface area contributed by atoms with Crippen molar-refractivity contribution < 1.29 is 5.11 Å². The van der Waals surface area contributed by atoms with Crippen molar-refractivity contribution in [1.82, 2.24) is 0 Å². The first-order valence-electron chi connectivity index (χ1n) is 5.97. The average Bonchev–Trinajstić information content (AvgIpc) is 2.39. The van der Waals surface area contributed by atoms with Crippen LogP contribution in [0.15, 0.2) is 45.9 Å². The highest BCUT2D eigenvalue weighted by Gasteiger charge is 2.03. The highest BCUT2D eigenvalue weighted by atomic mass is 79.9. The summed E-state index contributed by atoms with van der Waals surface area (Å²) in [6.45, 7) is 0. The molecule has 0 aromatic heterocycles. The number of phenolic OH excluding ortho intramolecular Hbond substituents is 1. The quantitative estimate of drug-likeness (QED) is 0.817. The van der Waals surface area contributed by atoms with Gasteiger partial charge in [0, 0.05) is 29.8 Å². The molecular formula is C15H14BrClN2O. The van der Waals surface area contributed by atoms with E-state index in [4.69, 9.17) is 11.6 Å². The van der Waals surface area contributed by atoms with E-state index in [1.54, 1.807) is 18.3 Å². The normalized spacial score (nSPS) is 11.0. The Hall–Kier alpha value is -1.52. The fourth-order valence-electron chi connectivity index (χ4n) is 1.71. The Morgan fingerprint density at radius 2 is 1.95 bits per heavy atom. The second kappa shape index (κ2) is 6.29. The lowest BCUT2D eigenvalue weighted by molar-refractivity contribution is 0.477. The molecule has 1 N–H and O–H groups in total. The Kier molecular flexibility index (Phi) is 4.68. The molecule has 0 bridgehead atoms. The van der Waals surface area contributed by atoms with Gasteiger partial charge in [-0.2, -0.15) is 0 Å². The maximum absolute atomic E-state index is 9.70. The summed E-state index contributed by atoms with van der Waals surface area (Å²) in [5, 5.41) is 10.2. The van der Waals surface area contributed by atoms with Crippen LogP contribution in [0.4, 0.5) is 11.4 Å². The van der Waals surface area contributed by atoms with Crippen LogP contribution in [0.25, 0.3) is 0 Å². The van der Waals surface area contributed by atoms with E-state index in [0.717, 1.165) is 15.7 Å². The van der Waals surface area contributed by atoms with E-state index < -0.39 is 0 Å². The third kappa shape index (κ3) is 3.52. The van der Waals surface area contributed by atoms with Crippen LogP contribution in [0.2, 0.25) is 5.02 Å². The molecule has 2 rings (SSSR count). The van der Waals surface area contributed by atoms with Gasteiger partial charge in [-0.1, -0.05) is 17.7 Å². The maximum Gasteiger partial charge on any atom is 0.141 e. The van der Waals surface area contributed by atoms with Crippen LogP contribution in [0.3, 0.4) is 0 Å². The van der Waals surface area contributed by atoms with Crippen molar-refractivity contribution in [3.05, 3.63) is 51.5 Å². The molecule has 0 amide bonds. The number of phenols is 1. The summed E-state index contributed by atoms with van der Waals surface area (Å²) in [7, 11) is 3.97. The van der Waals surface area contributed by atoms with Crippen molar-refractivity contribution >= 4 is 45.1 Å². The van der Waals surface area contributed by atoms with Crippen LogP contribution >= 0.6 is 27.5 Å². The molecule has 0 atom stereocenters. The molecule has 20 heavy (non-hydrogen) atoms. The second-order valence-electron chi connectivity index (χ2n) is 4.50. The van der Waals surface area contributed by atoms with E-state index in [9.17, 15) is 5.11 Å². The predicted molar refractivity (Wildman–Crippen MR) is 88.8 cm³/mol. The van der Waals surface area contributed by atoms with Crippen LogP contribution in [0.1, 0.15) is 5.56 Å². The molecule has 3 nitrogen and oxygen atoms in total. The third-order valence-electron chi connectivity index (χ3n) is 2.74. The molecule has 0 saturated heterocycles. The summed E-state index contributed by atoms with van der Waals surface area (Å²) in [5.41, 5.74) is 2.47. The standard InChI is InChI=1S/C15H14BrClN2O/c1-19(2)14-5-3-10(7-12(14)16)9-18-13-8-11(17)4-6-15(13)20/h3-9,20H,1-2H3. The van der Waals surface area contributed by atoms with Gasteiger partial charge in [0.1, 0.15) is 11.4 Å². The third-order valence-corrected chi connectivity index (χ3v) is 3.61. The largest absolute Gasteiger partial charge is 0.506 e. The summed E-state index contributed by atoms with van der Waals surface area (Å²) in [6.07, 6.45) is 1.69. The Balaban J connectivity index is 2.28. The molecule has 0 aliphatic rings. The van der Waals surface area contributed by atoms with Crippen molar-refractivity contribution in [3.8, 4) is 5.75 Å². The van der Waals surface area contributed by atoms with Gasteiger partial charge >= 0.3 is 0 Å². The molecule has 104 valence electrons. The molecule has 0 fully saturated rings. The number of benzene rings is 2. The molecule has 0 radical (unpaired) electrons. The minimum atomic E-state index is 0.106. The Labute approximate surface area is 131 Å². The average molecular weight is 354 g/mol. The number of rotatable bonds is 3. The number of nitrogens with zero attached hydrogens (tertiary/aromatic N) is 2. The fraction of sp³-hybridized carbons (Fsp3) is 0.133. The second-order valence-corrected chi connectivity index (χ2v) is 5.79. The summed E-state index contributed by atoms with van der Waals surface area (Å²) < 4.78 is 0.988. The highest BCUT2D eigenvalue weighted by molar-refractivity contribution is 9.10. The molecule has 0 saturated carbocycles. The molecule has 0 unspecified atom stereocenters. The van der Waals surface area contributed by atoms with Gasteiger partial charge < -0.3 is 10.0 Å². The van der Waals surface area contributed by atoms with Crippen LogP contribution in [0, 0.1) is 0 Å². The van der Waals surface area contributed by atoms with Crippen molar-refractivity contribution in [1.29, 1.82) is 0 Å². The molecule has 2 aromatic carbocycles. The van der Waals surface area contributed by atoms with Gasteiger partial charge in [-0.05, 0) is 51.8 Å². The van der Waals surface area contributed by atoms with Crippen LogP contribution < -0.4 is 4.90 Å². The van der Waals surface area contributed by atoms with E-state index in [1.807, 2.05) is 37.2 Å². The first kappa shape index (κ1) is 14.9. The monoisotopic (exact) mass is 352 g/mol. The highest BCUT2D eigenvalue weighted by Crippen LogP contribution is 2.30. The lowest BCUT2D eigenvalue weighted by atomic mass is 10.2. The molecule has 2 aromatic rings. The van der Waals surface area contributed by atoms with Gasteiger partial charge in [0.25, 0.3) is 0 Å². The van der Waals surface area contributed by atoms with Crippen molar-refractivity contribution in [2.75, 3.05) is 19.0 Å². The zero-order chi connectivity index (χ0) is 14.7. The van der Waals surface area contributed by atoms with Gasteiger partial charge in [0.15, 0.2) is 0 Å². The summed E-state index contributed by atoms with van der Waals surface area (Å²) in [6, 6.07) is 10.7. The van der Waals surface area contributed by atoms with Crippen LogP contribution in [0.5, 0.6) is 5.75 Å². The summed E-state index contributed by atoms with van der Waals surface area (Å²) in [5.74, 6) is 0.106. The maximum atomic E-state index is 9.70. The number of anilines is 1. The number of aromatic hydroxyl groups is 1. The Morgan fingerprint density at radius 1 is 1.20 bits per heavy atom. The fourth-order valence-corrected chi connectivity index (χ4v) is 2.63. The molecule has 5 heteroatoms. The molecule has 0 aliphatic carbocycles. The lowest BCUT2D eigenvalue weighted by Crippen LogP contribution is -2.09. The van der Waals surface area contributed by atoms with E-state index in [1.165, 1.54) is 6.07 Å². The van der Waals surface area contributed by atoms with Gasteiger partial charge in [0.05, 0.1) is 5.69 Å². The predicted octanol–water partition coefficient (Wildman–Crippen LogP) is 4.62. The van der Waals surface area contributed by atoms with Gasteiger partial charge in [0.2, 0.25) is 0 Å². The zero-order valence-electron chi connectivity index (χ0n) is 11.1. The number of halogens is 2. The van der Waals surface area contributed by atoms with Crippen molar-refractivity contribution in [2.24, 2.45) is 4.99 Å². The smallest absolute Gasteiger partial charge is 0.141 e. The zero-order valence-corrected chi connectivity index (χ0v) is 13.5. The molecule has 0 spiro atoms. The van der Waals surface area contributed by atoms with Crippen molar-refractivity contribution in [3.63, 3.8) is 0 Å². The minimum Gasteiger partial charge on any atom is -0.506 e. The molecule has 0 heterocycles. The summed E-state index contributed by atoms with van der Waals surface area (Å²) in [4.78, 5) is 6.28. The molecular weight excluding hydrogens is 340 g/mol. The van der Waals surface area contributed by atoms with E-state index in [2.05, 4.69) is 20.9 Å². The van der Waals surface area contributed by atoms with Gasteiger partial charge in [-0.25, -0.2) is 0 Å². The van der Waals surface area contributed by atoms with Crippen LogP contribution in [-0.2, 0) is 0 Å². The van der Waals surface area contributed by atoms with E-state index in [0.29, 0.717) is 10.7 Å². The van der Waals surface area contributed by atoms with Gasteiger partial charge in [-0.3, -0.25) is 4.99 Å². The Morgan fingerprint density at radius 3 is 2.60 bits per heavy atom. The summed E-state index contributed by atoms with van der Waals surface area (Å²) >= 11 is 9.41. The van der Waals surface area contributed by atoms with Crippen molar-refractivity contribution in [2.45, 2.75) is 0 Å². The lowest BCUT2D eigenvalue weighted by Gasteiger charge is -2.14. The van der Waals surface area contributed by atoms with Gasteiger partial charge in [-0.15, -0.1) is 0 Å². The van der Waals surface area contributed by atoms with E-state index in [-0.39, 0.29) is 5.75 Å². The number of aliphatic imine (C=N–C) groups is 1. The number of hydrogen-bond acceptors (Lipinski definition) is 3. The first-order valence-corrected chi connectivity index (χ1v) is 7.14.